The molecule has 2 heterocycles. The molecule has 5 nitrogen and oxygen atoms in total. The molecule has 6 heteroatoms. The van der Waals surface area contributed by atoms with Crippen LogP contribution in [0.15, 0.2) is 42.6 Å². The second kappa shape index (κ2) is 5.85. The molecule has 0 amide bonds. The molecule has 0 spiro atoms. The fourth-order valence-corrected chi connectivity index (χ4v) is 5.16. The SMILES string of the molecule is C[C@H]1CC[C@@H](c2ccccc2)N1S(=O)(=O)Cc1ccn(C)n1. The van der Waals surface area contributed by atoms with Gasteiger partial charge in [0, 0.05) is 19.3 Å². The summed E-state index contributed by atoms with van der Waals surface area (Å²) in [6, 6.07) is 11.6. The lowest BCUT2D eigenvalue weighted by atomic mass is 10.1. The van der Waals surface area contributed by atoms with Crippen molar-refractivity contribution in [1.29, 1.82) is 0 Å². The van der Waals surface area contributed by atoms with E-state index in [9.17, 15) is 8.42 Å². The van der Waals surface area contributed by atoms with Gasteiger partial charge >= 0.3 is 0 Å². The molecule has 118 valence electrons. The van der Waals surface area contributed by atoms with E-state index >= 15 is 0 Å². The Balaban J connectivity index is 1.89. The summed E-state index contributed by atoms with van der Waals surface area (Å²) in [6.45, 7) is 1.99. The van der Waals surface area contributed by atoms with E-state index < -0.39 is 10.0 Å². The van der Waals surface area contributed by atoms with Gasteiger partial charge in [-0.3, -0.25) is 4.68 Å². The summed E-state index contributed by atoms with van der Waals surface area (Å²) in [4.78, 5) is 0. The first-order valence-electron chi connectivity index (χ1n) is 7.52. The molecule has 1 aromatic carbocycles. The molecule has 1 saturated heterocycles. The molecule has 1 aliphatic heterocycles. The minimum atomic E-state index is -3.39. The van der Waals surface area contributed by atoms with E-state index in [1.54, 1.807) is 28.3 Å². The maximum Gasteiger partial charge on any atom is 0.220 e. The number of aromatic nitrogens is 2. The Morgan fingerprint density at radius 1 is 1.18 bits per heavy atom. The second-order valence-corrected chi connectivity index (χ2v) is 7.79. The maximum atomic E-state index is 12.9. The van der Waals surface area contributed by atoms with Crippen LogP contribution in [0, 0.1) is 0 Å². The number of nitrogens with zero attached hydrogens (tertiary/aromatic N) is 3. The van der Waals surface area contributed by atoms with Crippen molar-refractivity contribution >= 4 is 10.0 Å². The summed E-state index contributed by atoms with van der Waals surface area (Å²) in [5.41, 5.74) is 1.66. The molecule has 0 N–H and O–H groups in total. The van der Waals surface area contributed by atoms with Crippen LogP contribution in [0.4, 0.5) is 0 Å². The van der Waals surface area contributed by atoms with E-state index in [0.717, 1.165) is 18.4 Å². The van der Waals surface area contributed by atoms with Crippen LogP contribution in [-0.4, -0.2) is 28.5 Å². The first-order valence-corrected chi connectivity index (χ1v) is 9.13. The average molecular weight is 319 g/mol. The molecule has 3 rings (SSSR count). The van der Waals surface area contributed by atoms with Crippen molar-refractivity contribution in [2.75, 3.05) is 0 Å². The quantitative estimate of drug-likeness (QED) is 0.870. The molecular formula is C16H21N3O2S. The van der Waals surface area contributed by atoms with Crippen LogP contribution in [0.3, 0.4) is 0 Å². The molecule has 0 saturated carbocycles. The Labute approximate surface area is 131 Å². The largest absolute Gasteiger partial charge is 0.276 e. The van der Waals surface area contributed by atoms with Crippen molar-refractivity contribution in [3.8, 4) is 0 Å². The van der Waals surface area contributed by atoms with Gasteiger partial charge in [0.15, 0.2) is 0 Å². The highest BCUT2D eigenvalue weighted by molar-refractivity contribution is 7.88. The van der Waals surface area contributed by atoms with Gasteiger partial charge in [-0.05, 0) is 31.4 Å². The van der Waals surface area contributed by atoms with E-state index in [-0.39, 0.29) is 17.8 Å². The van der Waals surface area contributed by atoms with Gasteiger partial charge in [0.1, 0.15) is 5.75 Å². The second-order valence-electron chi connectivity index (χ2n) is 5.92. The zero-order valence-corrected chi connectivity index (χ0v) is 13.7. The summed E-state index contributed by atoms with van der Waals surface area (Å²) in [5.74, 6) is -0.0402. The van der Waals surface area contributed by atoms with Crippen LogP contribution in [0.2, 0.25) is 0 Å². The highest BCUT2D eigenvalue weighted by Crippen LogP contribution is 2.38. The van der Waals surface area contributed by atoms with Crippen molar-refractivity contribution in [2.24, 2.45) is 7.05 Å². The molecular weight excluding hydrogens is 298 g/mol. The first kappa shape index (κ1) is 15.2. The minimum absolute atomic E-state index is 0.0268. The van der Waals surface area contributed by atoms with Crippen LogP contribution in [-0.2, 0) is 22.8 Å². The van der Waals surface area contributed by atoms with Gasteiger partial charge in [-0.25, -0.2) is 8.42 Å². The molecule has 0 aliphatic carbocycles. The van der Waals surface area contributed by atoms with Crippen molar-refractivity contribution in [1.82, 2.24) is 14.1 Å². The van der Waals surface area contributed by atoms with Gasteiger partial charge in [-0.1, -0.05) is 30.3 Å². The number of sulfonamides is 1. The highest BCUT2D eigenvalue weighted by atomic mass is 32.2. The fraction of sp³-hybridized carbons (Fsp3) is 0.438. The van der Waals surface area contributed by atoms with E-state index in [4.69, 9.17) is 0 Å². The molecule has 1 aliphatic rings. The van der Waals surface area contributed by atoms with E-state index in [1.807, 2.05) is 37.3 Å². The number of hydrogen-bond donors (Lipinski definition) is 0. The van der Waals surface area contributed by atoms with Gasteiger partial charge in [0.2, 0.25) is 10.0 Å². The monoisotopic (exact) mass is 319 g/mol. The summed E-state index contributed by atoms with van der Waals surface area (Å²) in [7, 11) is -1.60. The number of aryl methyl sites for hydroxylation is 1. The van der Waals surface area contributed by atoms with Crippen molar-refractivity contribution in [2.45, 2.75) is 37.6 Å². The van der Waals surface area contributed by atoms with Gasteiger partial charge < -0.3 is 0 Å². The first-order chi connectivity index (χ1) is 10.5. The van der Waals surface area contributed by atoms with Crippen LogP contribution in [0.5, 0.6) is 0 Å². The van der Waals surface area contributed by atoms with E-state index in [1.165, 1.54) is 0 Å². The standard InChI is InChI=1S/C16H21N3O2S/c1-13-8-9-16(14-6-4-3-5-7-14)19(13)22(20,21)12-15-10-11-18(2)17-15/h3-7,10-11,13,16H,8-9,12H2,1-2H3/t13-,16-/m0/s1. The lowest BCUT2D eigenvalue weighted by Gasteiger charge is -2.27. The van der Waals surface area contributed by atoms with Crippen LogP contribution >= 0.6 is 0 Å². The predicted molar refractivity (Wildman–Crippen MR) is 85.5 cm³/mol. The Hall–Kier alpha value is -1.66. The van der Waals surface area contributed by atoms with Crippen molar-refractivity contribution in [3.05, 3.63) is 53.9 Å². The number of benzene rings is 1. The Kier molecular flexibility index (Phi) is 4.06. The Bertz CT molecular complexity index is 740. The van der Waals surface area contributed by atoms with Crippen molar-refractivity contribution < 1.29 is 8.42 Å². The summed E-state index contributed by atoms with van der Waals surface area (Å²) in [6.07, 6.45) is 3.53. The molecule has 0 radical (unpaired) electrons. The third-order valence-electron chi connectivity index (χ3n) is 4.20. The molecule has 22 heavy (non-hydrogen) atoms. The van der Waals surface area contributed by atoms with E-state index in [2.05, 4.69) is 5.10 Å². The third-order valence-corrected chi connectivity index (χ3v) is 6.12. The van der Waals surface area contributed by atoms with Crippen LogP contribution in [0.25, 0.3) is 0 Å². The zero-order chi connectivity index (χ0) is 15.7. The van der Waals surface area contributed by atoms with E-state index in [0.29, 0.717) is 5.69 Å². The lowest BCUT2D eigenvalue weighted by Crippen LogP contribution is -2.36. The molecule has 2 atom stereocenters. The number of rotatable bonds is 4. The third kappa shape index (κ3) is 2.94. The van der Waals surface area contributed by atoms with Gasteiger partial charge in [-0.15, -0.1) is 0 Å². The number of hydrogen-bond acceptors (Lipinski definition) is 3. The molecule has 1 fully saturated rings. The molecule has 0 unspecified atom stereocenters. The molecule has 2 aromatic rings. The lowest BCUT2D eigenvalue weighted by molar-refractivity contribution is 0.339. The van der Waals surface area contributed by atoms with Gasteiger partial charge in [0.25, 0.3) is 0 Å². The predicted octanol–water partition coefficient (Wildman–Crippen LogP) is 2.48. The highest BCUT2D eigenvalue weighted by Gasteiger charge is 2.40. The summed E-state index contributed by atoms with van der Waals surface area (Å²) >= 11 is 0. The minimum Gasteiger partial charge on any atom is -0.276 e. The summed E-state index contributed by atoms with van der Waals surface area (Å²) in [5, 5.41) is 4.20. The van der Waals surface area contributed by atoms with Crippen LogP contribution in [0.1, 0.15) is 37.1 Å². The average Bonchev–Trinajstić information content (AvgIpc) is 3.06. The van der Waals surface area contributed by atoms with Crippen molar-refractivity contribution in [3.63, 3.8) is 0 Å². The molecule has 0 bridgehead atoms. The van der Waals surface area contributed by atoms with Gasteiger partial charge in [0.05, 0.1) is 11.7 Å². The Morgan fingerprint density at radius 2 is 1.91 bits per heavy atom. The maximum absolute atomic E-state index is 12.9. The fourth-order valence-electron chi connectivity index (χ4n) is 3.22. The Morgan fingerprint density at radius 3 is 2.55 bits per heavy atom. The van der Waals surface area contributed by atoms with Gasteiger partial charge in [-0.2, -0.15) is 9.40 Å². The summed E-state index contributed by atoms with van der Waals surface area (Å²) < 4.78 is 29.1. The normalized spacial score (nSPS) is 23.0. The topological polar surface area (TPSA) is 55.2 Å². The zero-order valence-electron chi connectivity index (χ0n) is 12.9. The molecule has 1 aromatic heterocycles. The smallest absolute Gasteiger partial charge is 0.220 e. The van der Waals surface area contributed by atoms with Crippen LogP contribution < -0.4 is 0 Å².